The average Bonchev–Trinajstić information content (AvgIpc) is 1.69. The molecule has 0 radical (unpaired) electrons. The minimum absolute atomic E-state index is 0. The number of rotatable bonds is 0. The fraction of sp³-hybridized carbons (Fsp3) is 0. The van der Waals surface area contributed by atoms with E-state index in [-0.39, 0.29) is 20.1 Å². The molecule has 1 aromatic rings. The summed E-state index contributed by atoms with van der Waals surface area (Å²) in [5.41, 5.74) is 5.25. The number of nitrogen functional groups attached to an aromatic ring is 1. The monoisotopic (exact) mass is 287 g/mol. The van der Waals surface area contributed by atoms with Gasteiger partial charge in [0.25, 0.3) is 0 Å². The van der Waals surface area contributed by atoms with Gasteiger partial charge in [-0.2, -0.15) is 0 Å². The van der Waals surface area contributed by atoms with E-state index in [0.29, 0.717) is 5.82 Å². The van der Waals surface area contributed by atoms with E-state index in [1.807, 2.05) is 12.1 Å². The zero-order valence-electron chi connectivity index (χ0n) is 4.17. The van der Waals surface area contributed by atoms with Crippen LogP contribution in [0, 0.1) is 0 Å². The van der Waals surface area contributed by atoms with Crippen molar-refractivity contribution in [3.63, 3.8) is 0 Å². The van der Waals surface area contributed by atoms with Crippen LogP contribution in [0.5, 0.6) is 0 Å². The predicted octanol–water partition coefficient (Wildman–Crippen LogP) is 0.661. The maximum atomic E-state index is 5.25. The maximum Gasteiger partial charge on any atom is 3.00 e. The van der Waals surface area contributed by atoms with Crippen LogP contribution in [-0.2, 0) is 20.1 Å². The largest absolute Gasteiger partial charge is 3.00 e. The van der Waals surface area contributed by atoms with Gasteiger partial charge < -0.3 is 5.73 Å². The van der Waals surface area contributed by atoms with E-state index in [1.165, 1.54) is 0 Å². The number of nitrogens with zero attached hydrogens (tertiary/aromatic N) is 1. The summed E-state index contributed by atoms with van der Waals surface area (Å²) in [4.78, 5) is 3.76. The zero-order valence-corrected chi connectivity index (χ0v) is 6.56. The molecule has 0 atom stereocenters. The molecule has 0 aliphatic carbocycles. The molecule has 0 fully saturated rings. The van der Waals surface area contributed by atoms with Gasteiger partial charge in [0, 0.05) is 6.20 Å². The summed E-state index contributed by atoms with van der Waals surface area (Å²) < 4.78 is 0. The smallest absolute Gasteiger partial charge is 0.384 e. The van der Waals surface area contributed by atoms with Gasteiger partial charge in [-0.05, 0) is 12.1 Å². The van der Waals surface area contributed by atoms with E-state index in [4.69, 9.17) is 5.73 Å². The maximum absolute atomic E-state index is 5.25. The van der Waals surface area contributed by atoms with E-state index in [9.17, 15) is 0 Å². The molecule has 0 saturated carbocycles. The van der Waals surface area contributed by atoms with E-state index < -0.39 is 0 Å². The van der Waals surface area contributed by atoms with Gasteiger partial charge in [0.2, 0.25) is 0 Å². The third-order valence-electron chi connectivity index (χ3n) is 0.688. The Balaban J connectivity index is 0.000000490. The Bertz CT molecular complexity index is 140. The first kappa shape index (κ1) is 7.60. The van der Waals surface area contributed by atoms with Crippen molar-refractivity contribution >= 4 is 5.82 Å². The molecule has 2 N–H and O–H groups in total. The van der Waals surface area contributed by atoms with Crippen LogP contribution in [0.15, 0.2) is 24.4 Å². The molecule has 0 amide bonds. The first-order valence-corrected chi connectivity index (χ1v) is 2.06. The normalized spacial score (nSPS) is 7.50. The first-order chi connectivity index (χ1) is 3.39. The second-order valence-electron chi connectivity index (χ2n) is 1.25. The summed E-state index contributed by atoms with van der Waals surface area (Å²) in [6.45, 7) is 0. The van der Waals surface area contributed by atoms with Crippen LogP contribution in [0.3, 0.4) is 0 Å². The minimum atomic E-state index is 0. The van der Waals surface area contributed by atoms with Crippen molar-refractivity contribution in [3.8, 4) is 0 Å². The predicted molar refractivity (Wildman–Crippen MR) is 28.6 cm³/mol. The molecule has 1 rings (SSSR count). The fourth-order valence-corrected chi connectivity index (χ4v) is 0.376. The van der Waals surface area contributed by atoms with Crippen LogP contribution in [0.4, 0.5) is 5.82 Å². The van der Waals surface area contributed by atoms with Crippen LogP contribution >= 0.6 is 0 Å². The first-order valence-electron chi connectivity index (χ1n) is 2.06. The molecule has 2 nitrogen and oxygen atoms in total. The van der Waals surface area contributed by atoms with Crippen molar-refractivity contribution in [1.82, 2.24) is 4.98 Å². The van der Waals surface area contributed by atoms with Gasteiger partial charge in [-0.1, -0.05) is 6.07 Å². The molecule has 0 unspecified atom stereocenters. The zero-order chi connectivity index (χ0) is 5.11. The summed E-state index contributed by atoms with van der Waals surface area (Å²) in [7, 11) is 0. The summed E-state index contributed by atoms with van der Waals surface area (Å²) in [5, 5.41) is 0. The number of anilines is 1. The molecule has 8 heavy (non-hydrogen) atoms. The number of aromatic nitrogens is 1. The molecule has 0 aromatic carbocycles. The molecule has 42 valence electrons. The molecule has 0 bridgehead atoms. The Morgan fingerprint density at radius 1 is 1.38 bits per heavy atom. The van der Waals surface area contributed by atoms with Crippen LogP contribution < -0.4 is 5.73 Å². The van der Waals surface area contributed by atoms with Gasteiger partial charge in [0.05, 0.1) is 0 Å². The summed E-state index contributed by atoms with van der Waals surface area (Å²) in [5.74, 6) is 0.572. The molecule has 1 heterocycles. The Hall–Kier alpha value is -0.401. The van der Waals surface area contributed by atoms with Crippen molar-refractivity contribution in [2.45, 2.75) is 0 Å². The molecular weight excluding hydrogens is 280 g/mol. The van der Waals surface area contributed by atoms with Crippen molar-refractivity contribution in [1.29, 1.82) is 0 Å². The second-order valence-corrected chi connectivity index (χ2v) is 1.25. The molecule has 0 aliphatic heterocycles. The second kappa shape index (κ2) is 3.58. The third-order valence-corrected chi connectivity index (χ3v) is 0.688. The SMILES string of the molecule is Nc1ccccn1.[Ir+3]. The van der Waals surface area contributed by atoms with E-state index in [2.05, 4.69) is 4.98 Å². The fourth-order valence-electron chi connectivity index (χ4n) is 0.376. The molecule has 1 aromatic heterocycles. The average molecular weight is 286 g/mol. The molecule has 3 heteroatoms. The summed E-state index contributed by atoms with van der Waals surface area (Å²) >= 11 is 0. The number of hydrogen-bond acceptors (Lipinski definition) is 2. The Kier molecular flexibility index (Phi) is 3.40. The van der Waals surface area contributed by atoms with Gasteiger partial charge in [-0.3, -0.25) is 0 Å². The van der Waals surface area contributed by atoms with Crippen LogP contribution in [0.2, 0.25) is 0 Å². The number of nitrogens with two attached hydrogens (primary N) is 1. The van der Waals surface area contributed by atoms with Crippen LogP contribution in [-0.4, -0.2) is 4.98 Å². The van der Waals surface area contributed by atoms with Crippen molar-refractivity contribution in [2.75, 3.05) is 5.73 Å². The summed E-state index contributed by atoms with van der Waals surface area (Å²) in [6.07, 6.45) is 1.66. The van der Waals surface area contributed by atoms with Gasteiger partial charge in [-0.25, -0.2) is 4.98 Å². The topological polar surface area (TPSA) is 38.9 Å². The minimum Gasteiger partial charge on any atom is -0.384 e. The van der Waals surface area contributed by atoms with Gasteiger partial charge >= 0.3 is 20.1 Å². The standard InChI is InChI=1S/C5H6N2.Ir/c6-5-3-1-2-4-7-5;/h1-4H,(H2,6,7);/q;+3. The van der Waals surface area contributed by atoms with Gasteiger partial charge in [-0.15, -0.1) is 0 Å². The molecule has 0 aliphatic rings. The Morgan fingerprint density at radius 3 is 2.38 bits per heavy atom. The summed E-state index contributed by atoms with van der Waals surface area (Å²) in [6, 6.07) is 5.43. The quantitative estimate of drug-likeness (QED) is 0.761. The Morgan fingerprint density at radius 2 is 2.12 bits per heavy atom. The van der Waals surface area contributed by atoms with Crippen molar-refractivity contribution in [3.05, 3.63) is 24.4 Å². The molecular formula is C5H6IrN2+3. The van der Waals surface area contributed by atoms with Crippen molar-refractivity contribution in [2.24, 2.45) is 0 Å². The van der Waals surface area contributed by atoms with E-state index in [0.717, 1.165) is 0 Å². The Labute approximate surface area is 61.5 Å². The molecule has 0 spiro atoms. The van der Waals surface area contributed by atoms with Crippen LogP contribution in [0.1, 0.15) is 0 Å². The third kappa shape index (κ3) is 2.05. The van der Waals surface area contributed by atoms with Gasteiger partial charge in [0.15, 0.2) is 0 Å². The van der Waals surface area contributed by atoms with Gasteiger partial charge in [0.1, 0.15) is 5.82 Å². The van der Waals surface area contributed by atoms with E-state index >= 15 is 0 Å². The number of hydrogen-bond donors (Lipinski definition) is 1. The van der Waals surface area contributed by atoms with E-state index in [1.54, 1.807) is 12.3 Å². The number of pyridine rings is 1. The molecule has 0 saturated heterocycles. The van der Waals surface area contributed by atoms with Crippen molar-refractivity contribution < 1.29 is 20.1 Å². The van der Waals surface area contributed by atoms with Crippen LogP contribution in [0.25, 0.3) is 0 Å².